The van der Waals surface area contributed by atoms with Crippen LogP contribution >= 0.6 is 0 Å². The van der Waals surface area contributed by atoms with Gasteiger partial charge in [-0.15, -0.1) is 0 Å². The molecule has 1 amide bonds. The minimum Gasteiger partial charge on any atom is -0.305 e. The first kappa shape index (κ1) is 19.7. The third-order valence-electron chi connectivity index (χ3n) is 3.75. The molecule has 2 aromatic heterocycles. The van der Waals surface area contributed by atoms with Crippen LogP contribution in [-0.4, -0.2) is 35.1 Å². The lowest BCUT2D eigenvalue weighted by Gasteiger charge is -2.10. The lowest BCUT2D eigenvalue weighted by molar-refractivity contribution is 0.102. The van der Waals surface area contributed by atoms with Crippen molar-refractivity contribution in [2.24, 2.45) is 0 Å². The fourth-order valence-electron chi connectivity index (χ4n) is 2.53. The van der Waals surface area contributed by atoms with E-state index in [0.717, 1.165) is 5.69 Å². The first-order chi connectivity index (χ1) is 13.3. The zero-order valence-electron chi connectivity index (χ0n) is 15.5. The summed E-state index contributed by atoms with van der Waals surface area (Å²) < 4.78 is 28.4. The maximum absolute atomic E-state index is 12.4. The van der Waals surface area contributed by atoms with Gasteiger partial charge in [0.25, 0.3) is 5.91 Å². The summed E-state index contributed by atoms with van der Waals surface area (Å²) >= 11 is 0. The molecule has 0 aliphatic heterocycles. The van der Waals surface area contributed by atoms with Gasteiger partial charge in [-0.05, 0) is 50.2 Å². The fraction of sp³-hybridized carbons (Fsp3) is 0.211. The average Bonchev–Trinajstić information content (AvgIpc) is 3.08. The molecule has 0 aliphatic carbocycles. The molecule has 0 aliphatic rings. The van der Waals surface area contributed by atoms with Gasteiger partial charge in [0.2, 0.25) is 10.0 Å². The van der Waals surface area contributed by atoms with Crippen LogP contribution in [0.25, 0.3) is 0 Å². The van der Waals surface area contributed by atoms with Crippen LogP contribution in [0.3, 0.4) is 0 Å². The van der Waals surface area contributed by atoms with E-state index in [1.54, 1.807) is 37.0 Å². The molecular weight excluding hydrogens is 378 g/mol. The highest BCUT2D eigenvalue weighted by Crippen LogP contribution is 2.13. The molecule has 28 heavy (non-hydrogen) atoms. The highest BCUT2D eigenvalue weighted by Gasteiger charge is 2.16. The zero-order chi connectivity index (χ0) is 20.1. The minimum absolute atomic E-state index is 0.109. The summed E-state index contributed by atoms with van der Waals surface area (Å²) in [6.45, 7) is 3.98. The van der Waals surface area contributed by atoms with Crippen molar-refractivity contribution >= 4 is 21.7 Å². The molecule has 3 aromatic rings. The van der Waals surface area contributed by atoms with E-state index < -0.39 is 10.0 Å². The van der Waals surface area contributed by atoms with Gasteiger partial charge in [-0.3, -0.25) is 14.5 Å². The van der Waals surface area contributed by atoms with Crippen LogP contribution in [0.2, 0.25) is 0 Å². The number of hydrogen-bond donors (Lipinski definition) is 2. The maximum Gasteiger partial charge on any atom is 0.256 e. The second-order valence-corrected chi connectivity index (χ2v) is 8.19. The van der Waals surface area contributed by atoms with Gasteiger partial charge >= 0.3 is 0 Å². The van der Waals surface area contributed by atoms with E-state index >= 15 is 0 Å². The molecule has 1 aromatic carbocycles. The Morgan fingerprint density at radius 2 is 1.86 bits per heavy atom. The Morgan fingerprint density at radius 3 is 2.50 bits per heavy atom. The standard InChI is InChI=1S/C19H21N5O3S/c1-14(2)23-28(26,27)17-8-6-15(7-9-17)19(25)21-18-10-12-24(22-18)13-16-5-3-4-11-20-16/h3-12,14,23H,13H2,1-2H3,(H,21,22,25). The lowest BCUT2D eigenvalue weighted by atomic mass is 10.2. The van der Waals surface area contributed by atoms with Crippen molar-refractivity contribution < 1.29 is 13.2 Å². The van der Waals surface area contributed by atoms with Gasteiger partial charge in [0.15, 0.2) is 5.82 Å². The summed E-state index contributed by atoms with van der Waals surface area (Å²) in [5.41, 5.74) is 1.19. The molecule has 0 unspecified atom stereocenters. The Kier molecular flexibility index (Phi) is 5.86. The van der Waals surface area contributed by atoms with Crippen molar-refractivity contribution in [3.05, 3.63) is 72.2 Å². The highest BCUT2D eigenvalue weighted by atomic mass is 32.2. The summed E-state index contributed by atoms with van der Waals surface area (Å²) in [6, 6.07) is 12.8. The SMILES string of the molecule is CC(C)NS(=O)(=O)c1ccc(C(=O)Nc2ccn(Cc3ccccn3)n2)cc1. The number of benzene rings is 1. The second-order valence-electron chi connectivity index (χ2n) is 6.47. The summed E-state index contributed by atoms with van der Waals surface area (Å²) in [6.07, 6.45) is 3.46. The van der Waals surface area contributed by atoms with E-state index in [-0.39, 0.29) is 16.8 Å². The van der Waals surface area contributed by atoms with E-state index in [2.05, 4.69) is 20.1 Å². The summed E-state index contributed by atoms with van der Waals surface area (Å²) in [4.78, 5) is 16.7. The Balaban J connectivity index is 1.65. The lowest BCUT2D eigenvalue weighted by Crippen LogP contribution is -2.30. The molecule has 0 atom stereocenters. The van der Waals surface area contributed by atoms with Crippen molar-refractivity contribution in [1.29, 1.82) is 0 Å². The molecule has 2 N–H and O–H groups in total. The fourth-order valence-corrected chi connectivity index (χ4v) is 3.78. The molecular formula is C19H21N5O3S. The van der Waals surface area contributed by atoms with E-state index in [1.165, 1.54) is 24.3 Å². The van der Waals surface area contributed by atoms with E-state index in [4.69, 9.17) is 0 Å². The Morgan fingerprint density at radius 1 is 1.11 bits per heavy atom. The molecule has 0 saturated carbocycles. The number of amides is 1. The molecule has 3 rings (SSSR count). The predicted molar refractivity (Wildman–Crippen MR) is 105 cm³/mol. The van der Waals surface area contributed by atoms with Gasteiger partial charge < -0.3 is 5.32 Å². The van der Waals surface area contributed by atoms with E-state index in [1.807, 2.05) is 18.2 Å². The van der Waals surface area contributed by atoms with Crippen molar-refractivity contribution in [3.8, 4) is 0 Å². The van der Waals surface area contributed by atoms with Gasteiger partial charge in [-0.2, -0.15) is 5.10 Å². The number of aromatic nitrogens is 3. The van der Waals surface area contributed by atoms with Crippen LogP contribution in [0.1, 0.15) is 29.9 Å². The minimum atomic E-state index is -3.59. The van der Waals surface area contributed by atoms with E-state index in [0.29, 0.717) is 17.9 Å². The van der Waals surface area contributed by atoms with Crippen molar-refractivity contribution in [3.63, 3.8) is 0 Å². The molecule has 8 nitrogen and oxygen atoms in total. The van der Waals surface area contributed by atoms with Gasteiger partial charge in [-0.25, -0.2) is 13.1 Å². The Bertz CT molecular complexity index is 1040. The van der Waals surface area contributed by atoms with Gasteiger partial charge in [0, 0.05) is 30.1 Å². The maximum atomic E-state index is 12.4. The normalized spacial score (nSPS) is 11.5. The van der Waals surface area contributed by atoms with Crippen molar-refractivity contribution in [2.45, 2.75) is 31.3 Å². The number of carbonyl (C=O) groups is 1. The van der Waals surface area contributed by atoms with Gasteiger partial charge in [0.05, 0.1) is 17.1 Å². The van der Waals surface area contributed by atoms with Gasteiger partial charge in [-0.1, -0.05) is 6.07 Å². The third kappa shape index (κ3) is 5.02. The van der Waals surface area contributed by atoms with Crippen molar-refractivity contribution in [1.82, 2.24) is 19.5 Å². The van der Waals surface area contributed by atoms with Gasteiger partial charge in [0.1, 0.15) is 0 Å². The zero-order valence-corrected chi connectivity index (χ0v) is 16.3. The van der Waals surface area contributed by atoms with Crippen LogP contribution in [-0.2, 0) is 16.6 Å². The summed E-state index contributed by atoms with van der Waals surface area (Å²) in [5, 5.41) is 7.00. The quantitative estimate of drug-likeness (QED) is 0.634. The number of pyridine rings is 1. The van der Waals surface area contributed by atoms with Crippen molar-refractivity contribution in [2.75, 3.05) is 5.32 Å². The molecule has 0 bridgehead atoms. The molecule has 2 heterocycles. The van der Waals surface area contributed by atoms with Crippen LogP contribution in [0.15, 0.2) is 65.8 Å². The second kappa shape index (κ2) is 8.32. The van der Waals surface area contributed by atoms with Crippen LogP contribution in [0.5, 0.6) is 0 Å². The Labute approximate surface area is 163 Å². The predicted octanol–water partition coefficient (Wildman–Crippen LogP) is 2.27. The summed E-state index contributed by atoms with van der Waals surface area (Å²) in [7, 11) is -3.59. The third-order valence-corrected chi connectivity index (χ3v) is 5.42. The summed E-state index contributed by atoms with van der Waals surface area (Å²) in [5.74, 6) is 0.0305. The number of nitrogens with one attached hydrogen (secondary N) is 2. The molecule has 0 fully saturated rings. The number of hydrogen-bond acceptors (Lipinski definition) is 5. The topological polar surface area (TPSA) is 106 Å². The van der Waals surface area contributed by atoms with Crippen LogP contribution in [0.4, 0.5) is 5.82 Å². The van der Waals surface area contributed by atoms with Crippen LogP contribution < -0.4 is 10.0 Å². The molecule has 0 radical (unpaired) electrons. The highest BCUT2D eigenvalue weighted by molar-refractivity contribution is 7.89. The number of sulfonamides is 1. The number of rotatable bonds is 7. The number of carbonyl (C=O) groups excluding carboxylic acids is 1. The average molecular weight is 399 g/mol. The first-order valence-corrected chi connectivity index (χ1v) is 10.2. The molecule has 146 valence electrons. The monoisotopic (exact) mass is 399 g/mol. The smallest absolute Gasteiger partial charge is 0.256 e. The molecule has 0 saturated heterocycles. The number of anilines is 1. The Hall–Kier alpha value is -3.04. The number of nitrogens with zero attached hydrogens (tertiary/aromatic N) is 3. The largest absolute Gasteiger partial charge is 0.305 e. The van der Waals surface area contributed by atoms with Crippen LogP contribution in [0, 0.1) is 0 Å². The first-order valence-electron chi connectivity index (χ1n) is 8.70. The molecule has 0 spiro atoms. The molecule has 9 heteroatoms. The van der Waals surface area contributed by atoms with E-state index in [9.17, 15) is 13.2 Å².